The number of esters is 2. The van der Waals surface area contributed by atoms with Crippen LogP contribution in [0.4, 0.5) is 0 Å². The van der Waals surface area contributed by atoms with Gasteiger partial charge in [-0.15, -0.1) is 6.42 Å². The Morgan fingerprint density at radius 2 is 1.13 bits per heavy atom. The maximum Gasteiger partial charge on any atom is 1.00 e. The zero-order chi connectivity index (χ0) is 31.2. The molecule has 1 atom stereocenters. The number of carbonyl (C=O) groups is 2. The monoisotopic (exact) mass is 696 g/mol. The van der Waals surface area contributed by atoms with E-state index in [1.807, 2.05) is 0 Å². The summed E-state index contributed by atoms with van der Waals surface area (Å²) in [5.74, 6) is 28.4. The van der Waals surface area contributed by atoms with Gasteiger partial charge in [-0.25, -0.2) is 4.79 Å². The van der Waals surface area contributed by atoms with Gasteiger partial charge in [0.05, 0.1) is 14.4 Å². The number of phosphoric ester groups is 1. The molecule has 0 aliphatic heterocycles. The first-order valence-electron chi connectivity index (χ1n) is 13.8. The van der Waals surface area contributed by atoms with Gasteiger partial charge < -0.3 is 28.3 Å². The average molecular weight is 697 g/mol. The van der Waals surface area contributed by atoms with E-state index in [1.165, 1.54) is 51.4 Å². The minimum absolute atomic E-state index is 0. The van der Waals surface area contributed by atoms with Crippen molar-refractivity contribution in [3.8, 4) is 83.4 Å². The van der Waals surface area contributed by atoms with E-state index in [0.717, 1.165) is 19.3 Å². The van der Waals surface area contributed by atoms with Crippen molar-refractivity contribution in [3.63, 3.8) is 0 Å². The molecular formula is C33H63Na2O8PS. The van der Waals surface area contributed by atoms with Crippen LogP contribution in [0, 0.1) is 83.4 Å². The van der Waals surface area contributed by atoms with E-state index < -0.39 is 39.1 Å². The second-order valence-corrected chi connectivity index (χ2v) is 9.89. The second kappa shape index (κ2) is 36.8. The molecule has 0 saturated heterocycles. The molecule has 0 aromatic carbocycles. The van der Waals surface area contributed by atoms with Crippen LogP contribution in [0.25, 0.3) is 0 Å². The maximum absolute atomic E-state index is 12.2. The van der Waals surface area contributed by atoms with Gasteiger partial charge >= 0.3 is 71.1 Å². The Bertz CT molecular complexity index is 1360. The van der Waals surface area contributed by atoms with Crippen molar-refractivity contribution >= 4 is 33.3 Å². The van der Waals surface area contributed by atoms with Gasteiger partial charge in [0.15, 0.2) is 6.10 Å². The standard InChI is InChI=1S/C33H37O8P.2Na.H2S.13H2/c1-3-5-7-9-11-13-15-17-19-21-23-25-27-32(34)39-29-31(30-40-42(36,37)38)41-33(35)28-26-24-22-20-18-16-14-12-10-8-6-4-2;;;;;;;;;;;;;;;;/h1,31H,4,6,8,10,12,14,16,18,20,22,24,26,28-30H2,2H3,(H2,36,37,38);;;1H2;13*1H/q;2*+1;;;;;;;;;;;;;;/p-2/t31-;;;;;;;;;;;;;;;;/m1................/s1. The predicted molar refractivity (Wildman–Crippen MR) is 193 cm³/mol. The van der Waals surface area contributed by atoms with Crippen molar-refractivity contribution < 1.29 is 116 Å². The van der Waals surface area contributed by atoms with E-state index in [0.29, 0.717) is 6.42 Å². The first-order chi connectivity index (χ1) is 20.3. The third-order valence-electron chi connectivity index (χ3n) is 5.21. The van der Waals surface area contributed by atoms with Gasteiger partial charge in [-0.2, -0.15) is 13.5 Å². The normalized spacial score (nSPS) is 9.20. The first kappa shape index (κ1) is 50.2. The molecule has 256 valence electrons. The Hall–Kier alpha value is -1.68. The van der Waals surface area contributed by atoms with E-state index in [1.54, 1.807) is 0 Å². The van der Waals surface area contributed by atoms with E-state index in [9.17, 15) is 23.9 Å². The zero-order valence-electron chi connectivity index (χ0n) is 26.5. The number of phosphoric acid groups is 1. The van der Waals surface area contributed by atoms with Gasteiger partial charge in [0.2, 0.25) is 0 Å². The fourth-order valence-electron chi connectivity index (χ4n) is 3.25. The third-order valence-corrected chi connectivity index (χ3v) is 5.68. The molecule has 0 aromatic rings. The molecular weight excluding hydrogens is 633 g/mol. The summed E-state index contributed by atoms with van der Waals surface area (Å²) in [6.45, 7) is 0.861. The van der Waals surface area contributed by atoms with Crippen LogP contribution in [-0.2, 0) is 28.2 Å². The van der Waals surface area contributed by atoms with E-state index in [2.05, 4.69) is 88.4 Å². The van der Waals surface area contributed by atoms with Gasteiger partial charge in [0.25, 0.3) is 0 Å². The van der Waals surface area contributed by atoms with Crippen LogP contribution < -0.4 is 68.9 Å². The molecule has 0 N–H and O–H groups in total. The SMILES string of the molecule is C#CC#CC#CC#CC#CC#CC#CC(=O)OC[C@H](COP(=O)([O-])[O-])OC(=O)CCCCCCCCCCCCCC.S.[HH].[HH].[HH].[HH].[HH].[HH].[HH].[HH].[HH].[HH].[HH].[HH].[HH].[Na+].[Na+]. The minimum atomic E-state index is -5.32. The Labute approximate surface area is 340 Å². The van der Waals surface area contributed by atoms with Crippen LogP contribution >= 0.6 is 21.3 Å². The largest absolute Gasteiger partial charge is 1.00 e. The molecule has 0 saturated carbocycles. The Balaban J connectivity index is -0.0000000700. The molecule has 0 spiro atoms. The molecule has 0 radical (unpaired) electrons. The van der Waals surface area contributed by atoms with Gasteiger partial charge in [-0.1, -0.05) is 77.6 Å². The molecule has 0 bridgehead atoms. The molecule has 0 aliphatic rings. The van der Waals surface area contributed by atoms with Crippen LogP contribution in [0.15, 0.2) is 0 Å². The van der Waals surface area contributed by atoms with Crippen molar-refractivity contribution in [2.24, 2.45) is 0 Å². The van der Waals surface area contributed by atoms with Gasteiger partial charge in [0, 0.05) is 30.9 Å². The number of unbranched alkanes of at least 4 members (excludes halogenated alkanes) is 11. The number of terminal acetylenes is 1. The molecule has 8 nitrogen and oxygen atoms in total. The predicted octanol–water partition coefficient (Wildman–Crippen LogP) is 0.350. The smallest absolute Gasteiger partial charge is 0.790 e. The van der Waals surface area contributed by atoms with Crippen LogP contribution in [-0.4, -0.2) is 31.3 Å². The number of ether oxygens (including phenoxy) is 2. The fourth-order valence-corrected chi connectivity index (χ4v) is 3.60. The van der Waals surface area contributed by atoms with Crippen LogP contribution in [0.5, 0.6) is 0 Å². The summed E-state index contributed by atoms with van der Waals surface area (Å²) in [5, 5.41) is 0. The molecule has 0 aliphatic carbocycles. The Morgan fingerprint density at radius 3 is 1.58 bits per heavy atom. The molecule has 0 fully saturated rings. The summed E-state index contributed by atoms with van der Waals surface area (Å²) >= 11 is 0. The summed E-state index contributed by atoms with van der Waals surface area (Å²) in [4.78, 5) is 45.6. The summed E-state index contributed by atoms with van der Waals surface area (Å²) < 4.78 is 25.0. The van der Waals surface area contributed by atoms with Crippen molar-refractivity contribution in [2.45, 2.75) is 96.5 Å². The van der Waals surface area contributed by atoms with Crippen LogP contribution in [0.2, 0.25) is 0 Å². The molecule has 0 unspecified atom stereocenters. The quantitative estimate of drug-likeness (QED) is 0.0474. The summed E-state index contributed by atoms with van der Waals surface area (Å²) in [6, 6.07) is 0. The molecule has 0 rings (SSSR count). The van der Waals surface area contributed by atoms with Crippen molar-refractivity contribution in [1.29, 1.82) is 0 Å². The van der Waals surface area contributed by atoms with Crippen LogP contribution in [0.1, 0.15) is 109 Å². The topological polar surface area (TPSA) is 125 Å². The zero-order valence-corrected chi connectivity index (χ0v) is 32.4. The maximum atomic E-state index is 12.2. The molecule has 0 amide bonds. The molecule has 0 heterocycles. The third kappa shape index (κ3) is 40.3. The van der Waals surface area contributed by atoms with Gasteiger partial charge in [-0.05, 0) is 77.5 Å². The Kier molecular flexibility index (Phi) is 41.0. The summed E-state index contributed by atoms with van der Waals surface area (Å²) in [7, 11) is -5.32. The molecule has 12 heteroatoms. The molecule has 0 aromatic heterocycles. The number of carbonyl (C=O) groups excluding carboxylic acids is 2. The van der Waals surface area contributed by atoms with E-state index in [4.69, 9.17) is 15.9 Å². The van der Waals surface area contributed by atoms with Crippen molar-refractivity contribution in [1.82, 2.24) is 0 Å². The average Bonchev–Trinajstić information content (AvgIpc) is 2.95. The number of rotatable bonds is 19. The van der Waals surface area contributed by atoms with Crippen LogP contribution in [0.3, 0.4) is 0 Å². The number of hydrogen-bond donors (Lipinski definition) is 0. The van der Waals surface area contributed by atoms with E-state index >= 15 is 0 Å². The van der Waals surface area contributed by atoms with Gasteiger partial charge in [0.1, 0.15) is 6.61 Å². The molecule has 45 heavy (non-hydrogen) atoms. The van der Waals surface area contributed by atoms with Crippen molar-refractivity contribution in [3.05, 3.63) is 0 Å². The van der Waals surface area contributed by atoms with E-state index in [-0.39, 0.29) is 97.6 Å². The fraction of sp³-hybridized carbons (Fsp3) is 0.515. The summed E-state index contributed by atoms with van der Waals surface area (Å²) in [6.07, 6.45) is 17.4. The van der Waals surface area contributed by atoms with Crippen molar-refractivity contribution in [2.75, 3.05) is 13.2 Å². The summed E-state index contributed by atoms with van der Waals surface area (Å²) in [5.41, 5.74) is 0. The first-order valence-corrected chi connectivity index (χ1v) is 15.2. The van der Waals surface area contributed by atoms with Gasteiger partial charge in [-0.3, -0.25) is 4.79 Å². The minimum Gasteiger partial charge on any atom is -0.790 e. The number of hydrogen-bond acceptors (Lipinski definition) is 8. The second-order valence-electron chi connectivity index (χ2n) is 8.74. The Morgan fingerprint density at radius 1 is 0.711 bits per heavy atom.